The number of nitrogens with zero attached hydrogens (tertiary/aromatic N) is 1. The van der Waals surface area contributed by atoms with Crippen LogP contribution >= 0.6 is 12.4 Å². The van der Waals surface area contributed by atoms with Gasteiger partial charge in [-0.1, -0.05) is 44.6 Å². The number of halogens is 1. The molecule has 2 nitrogen and oxygen atoms in total. The number of rotatable bonds is 4. The monoisotopic (exact) mass is 323 g/mol. The molecule has 0 unspecified atom stereocenters. The maximum Gasteiger partial charge on any atom is 0.0758 e. The zero-order valence-electron chi connectivity index (χ0n) is 13.5. The van der Waals surface area contributed by atoms with Gasteiger partial charge in [-0.2, -0.15) is 0 Å². The highest BCUT2D eigenvalue weighted by atomic mass is 35.5. The van der Waals surface area contributed by atoms with E-state index >= 15 is 0 Å². The molecule has 0 spiro atoms. The van der Waals surface area contributed by atoms with Crippen LogP contribution in [0.2, 0.25) is 0 Å². The third-order valence-electron chi connectivity index (χ3n) is 5.81. The fraction of sp³-hybridized carbons (Fsp3) is 0.737. The molecule has 2 aliphatic rings. The van der Waals surface area contributed by atoms with E-state index in [0.29, 0.717) is 11.8 Å². The van der Waals surface area contributed by atoms with Gasteiger partial charge in [0.2, 0.25) is 0 Å². The van der Waals surface area contributed by atoms with Gasteiger partial charge in [0.15, 0.2) is 0 Å². The molecule has 22 heavy (non-hydrogen) atoms. The maximum atomic E-state index is 11.7. The topological polar surface area (TPSA) is 33.1 Å². The largest absolute Gasteiger partial charge is 0.389 e. The minimum atomic E-state index is -0.519. The highest BCUT2D eigenvalue weighted by molar-refractivity contribution is 5.85. The van der Waals surface area contributed by atoms with Crippen molar-refractivity contribution in [2.75, 3.05) is 0 Å². The van der Waals surface area contributed by atoms with Gasteiger partial charge in [0.05, 0.1) is 5.60 Å². The number of aromatic nitrogens is 1. The van der Waals surface area contributed by atoms with Gasteiger partial charge in [-0.3, -0.25) is 4.98 Å². The van der Waals surface area contributed by atoms with Gasteiger partial charge < -0.3 is 5.11 Å². The highest BCUT2D eigenvalue weighted by Gasteiger charge is 2.44. The molecule has 3 rings (SSSR count). The SMILES string of the molecule is Cl.OC(Cc1ccccn1)(C1CCCCC1)C1CCCCC1. The van der Waals surface area contributed by atoms with Crippen LogP contribution in [-0.2, 0) is 6.42 Å². The molecule has 0 atom stereocenters. The summed E-state index contributed by atoms with van der Waals surface area (Å²) in [4.78, 5) is 4.49. The van der Waals surface area contributed by atoms with Crippen LogP contribution in [0.5, 0.6) is 0 Å². The molecule has 1 heterocycles. The summed E-state index contributed by atoms with van der Waals surface area (Å²) in [5.74, 6) is 0.965. The Hall–Kier alpha value is -0.600. The van der Waals surface area contributed by atoms with Gasteiger partial charge in [-0.15, -0.1) is 12.4 Å². The fourth-order valence-corrected chi connectivity index (χ4v) is 4.62. The molecule has 0 bridgehead atoms. The third kappa shape index (κ3) is 4.02. The first-order valence-corrected chi connectivity index (χ1v) is 8.91. The number of aliphatic hydroxyl groups is 1. The minimum absolute atomic E-state index is 0. The Morgan fingerprint density at radius 1 is 0.909 bits per heavy atom. The summed E-state index contributed by atoms with van der Waals surface area (Å²) in [7, 11) is 0. The lowest BCUT2D eigenvalue weighted by Gasteiger charge is -2.45. The lowest BCUT2D eigenvalue weighted by atomic mass is 9.64. The van der Waals surface area contributed by atoms with Crippen molar-refractivity contribution >= 4 is 12.4 Å². The Kier molecular flexibility index (Phi) is 6.70. The Labute approximate surface area is 141 Å². The van der Waals surface area contributed by atoms with E-state index < -0.39 is 5.60 Å². The summed E-state index contributed by atoms with van der Waals surface area (Å²) in [6, 6.07) is 6.09. The molecule has 1 aromatic rings. The van der Waals surface area contributed by atoms with Crippen molar-refractivity contribution in [3.05, 3.63) is 30.1 Å². The molecule has 2 aliphatic carbocycles. The smallest absolute Gasteiger partial charge is 0.0758 e. The van der Waals surface area contributed by atoms with Crippen molar-refractivity contribution in [1.29, 1.82) is 0 Å². The highest BCUT2D eigenvalue weighted by Crippen LogP contribution is 2.44. The first-order valence-electron chi connectivity index (χ1n) is 8.91. The molecular weight excluding hydrogens is 294 g/mol. The molecule has 124 valence electrons. The van der Waals surface area contributed by atoms with Crippen molar-refractivity contribution in [3.8, 4) is 0 Å². The normalized spacial score (nSPS) is 21.3. The Morgan fingerprint density at radius 3 is 1.91 bits per heavy atom. The number of pyridine rings is 1. The molecule has 2 saturated carbocycles. The molecule has 0 saturated heterocycles. The quantitative estimate of drug-likeness (QED) is 0.851. The van der Waals surface area contributed by atoms with E-state index in [1.54, 1.807) is 0 Å². The summed E-state index contributed by atoms with van der Waals surface area (Å²) in [5, 5.41) is 11.7. The average Bonchev–Trinajstić information content (AvgIpc) is 2.57. The van der Waals surface area contributed by atoms with E-state index in [4.69, 9.17) is 0 Å². The second-order valence-electron chi connectivity index (χ2n) is 7.16. The maximum absolute atomic E-state index is 11.7. The van der Waals surface area contributed by atoms with Crippen LogP contribution in [0.25, 0.3) is 0 Å². The molecule has 0 aliphatic heterocycles. The van der Waals surface area contributed by atoms with Crippen molar-refractivity contribution in [2.24, 2.45) is 11.8 Å². The van der Waals surface area contributed by atoms with Gasteiger partial charge in [-0.05, 0) is 49.7 Å². The van der Waals surface area contributed by atoms with E-state index in [9.17, 15) is 5.11 Å². The van der Waals surface area contributed by atoms with Crippen LogP contribution in [0, 0.1) is 11.8 Å². The van der Waals surface area contributed by atoms with Gasteiger partial charge in [0, 0.05) is 18.3 Å². The van der Waals surface area contributed by atoms with Crippen LogP contribution in [0.15, 0.2) is 24.4 Å². The summed E-state index contributed by atoms with van der Waals surface area (Å²) in [5.41, 5.74) is 0.547. The minimum Gasteiger partial charge on any atom is -0.389 e. The summed E-state index contributed by atoms with van der Waals surface area (Å²) < 4.78 is 0. The standard InChI is InChI=1S/C19H29NO.ClH/c21-19(16-9-3-1-4-10-16,17-11-5-2-6-12-17)15-18-13-7-8-14-20-18;/h7-8,13-14,16-17,21H,1-6,9-12,15H2;1H. The van der Waals surface area contributed by atoms with Crippen molar-refractivity contribution in [1.82, 2.24) is 4.98 Å². The van der Waals surface area contributed by atoms with Crippen molar-refractivity contribution in [3.63, 3.8) is 0 Å². The van der Waals surface area contributed by atoms with E-state index in [2.05, 4.69) is 11.1 Å². The molecule has 0 radical (unpaired) electrons. The summed E-state index contributed by atoms with van der Waals surface area (Å²) in [6.07, 6.45) is 15.3. The second kappa shape index (κ2) is 8.31. The zero-order valence-corrected chi connectivity index (χ0v) is 14.4. The molecule has 3 heteroatoms. The van der Waals surface area contributed by atoms with Crippen molar-refractivity contribution < 1.29 is 5.11 Å². The molecular formula is C19H30ClNO. The molecule has 1 N–H and O–H groups in total. The van der Waals surface area contributed by atoms with Crippen LogP contribution in [0.4, 0.5) is 0 Å². The van der Waals surface area contributed by atoms with E-state index in [0.717, 1.165) is 12.1 Å². The number of hydrogen-bond donors (Lipinski definition) is 1. The predicted molar refractivity (Wildman–Crippen MR) is 93.3 cm³/mol. The summed E-state index contributed by atoms with van der Waals surface area (Å²) in [6.45, 7) is 0. The van der Waals surface area contributed by atoms with Crippen molar-refractivity contribution in [2.45, 2.75) is 76.2 Å². The first-order chi connectivity index (χ1) is 10.3. The van der Waals surface area contributed by atoms with Gasteiger partial charge in [-0.25, -0.2) is 0 Å². The molecule has 2 fully saturated rings. The lowest BCUT2D eigenvalue weighted by Crippen LogP contribution is -2.48. The fourth-order valence-electron chi connectivity index (χ4n) is 4.62. The summed E-state index contributed by atoms with van der Waals surface area (Å²) >= 11 is 0. The van der Waals surface area contributed by atoms with Gasteiger partial charge >= 0.3 is 0 Å². The van der Waals surface area contributed by atoms with Gasteiger partial charge in [0.25, 0.3) is 0 Å². The molecule has 0 amide bonds. The predicted octanol–water partition coefficient (Wildman–Crippen LogP) is 4.94. The average molecular weight is 324 g/mol. The van der Waals surface area contributed by atoms with Gasteiger partial charge in [0.1, 0.15) is 0 Å². The van der Waals surface area contributed by atoms with E-state index in [1.807, 2.05) is 18.3 Å². The van der Waals surface area contributed by atoms with Crippen LogP contribution in [0.1, 0.15) is 69.9 Å². The molecule has 1 aromatic heterocycles. The van der Waals surface area contributed by atoms with E-state index in [1.165, 1.54) is 64.2 Å². The number of hydrogen-bond acceptors (Lipinski definition) is 2. The van der Waals surface area contributed by atoms with Crippen LogP contribution in [-0.4, -0.2) is 15.7 Å². The van der Waals surface area contributed by atoms with Crippen LogP contribution < -0.4 is 0 Å². The zero-order chi connectivity index (χ0) is 14.5. The Balaban J connectivity index is 0.00000176. The Bertz CT molecular complexity index is 406. The van der Waals surface area contributed by atoms with Crippen LogP contribution in [0.3, 0.4) is 0 Å². The second-order valence-corrected chi connectivity index (χ2v) is 7.16. The third-order valence-corrected chi connectivity index (χ3v) is 5.81. The Morgan fingerprint density at radius 2 is 1.45 bits per heavy atom. The first kappa shape index (κ1) is 17.7. The lowest BCUT2D eigenvalue weighted by molar-refractivity contribution is -0.0919. The molecule has 0 aromatic carbocycles. The van der Waals surface area contributed by atoms with E-state index in [-0.39, 0.29) is 12.4 Å².